The van der Waals surface area contributed by atoms with Gasteiger partial charge in [-0.15, -0.1) is 0 Å². The summed E-state index contributed by atoms with van der Waals surface area (Å²) in [6, 6.07) is 0.442. The van der Waals surface area contributed by atoms with E-state index in [0.717, 1.165) is 30.5 Å². The lowest BCUT2D eigenvalue weighted by Crippen LogP contribution is -2.30. The van der Waals surface area contributed by atoms with Crippen LogP contribution in [0.3, 0.4) is 0 Å². The first-order chi connectivity index (χ1) is 9.08. The maximum Gasteiger partial charge on any atom is 0.358 e. The Hall–Kier alpha value is -1.65. The van der Waals surface area contributed by atoms with Crippen LogP contribution in [0, 0.1) is 11.8 Å². The Morgan fingerprint density at radius 3 is 2.42 bits per heavy atom. The molecular formula is C14H21N3O2. The molecular weight excluding hydrogens is 242 g/mol. The van der Waals surface area contributed by atoms with Crippen LogP contribution in [-0.2, 0) is 4.74 Å². The molecule has 5 nitrogen and oxygen atoms in total. The van der Waals surface area contributed by atoms with Crippen LogP contribution >= 0.6 is 0 Å². The molecule has 0 bridgehead atoms. The third-order valence-corrected chi connectivity index (χ3v) is 3.58. The maximum atomic E-state index is 11.3. The monoisotopic (exact) mass is 263 g/mol. The zero-order valence-corrected chi connectivity index (χ0v) is 11.7. The zero-order chi connectivity index (χ0) is 13.8. The highest BCUT2D eigenvalue weighted by atomic mass is 16.5. The number of methoxy groups -OCH3 is 1. The number of rotatable bonds is 3. The summed E-state index contributed by atoms with van der Waals surface area (Å²) in [5.74, 6) is 1.74. The first-order valence-electron chi connectivity index (χ1n) is 6.75. The van der Waals surface area contributed by atoms with E-state index in [2.05, 4.69) is 33.9 Å². The molecule has 0 saturated heterocycles. The number of carbonyl (C=O) groups excluding carboxylic acids is 1. The van der Waals surface area contributed by atoms with Crippen LogP contribution in [0.2, 0.25) is 0 Å². The summed E-state index contributed by atoms with van der Waals surface area (Å²) < 4.78 is 4.59. The summed E-state index contributed by atoms with van der Waals surface area (Å²) in [6.45, 7) is 4.58. The Bertz CT molecular complexity index is 423. The molecule has 1 aromatic rings. The normalized spacial score (nSPS) is 26.8. The van der Waals surface area contributed by atoms with Crippen molar-refractivity contribution in [1.29, 1.82) is 0 Å². The summed E-state index contributed by atoms with van der Waals surface area (Å²) in [4.78, 5) is 19.5. The molecule has 104 valence electrons. The molecule has 0 spiro atoms. The van der Waals surface area contributed by atoms with Crippen molar-refractivity contribution in [1.82, 2.24) is 9.97 Å². The lowest BCUT2D eigenvalue weighted by Gasteiger charge is -2.32. The van der Waals surface area contributed by atoms with Crippen LogP contribution in [0.15, 0.2) is 12.4 Å². The molecule has 5 heteroatoms. The Kier molecular flexibility index (Phi) is 4.35. The second-order valence-electron chi connectivity index (χ2n) is 5.54. The average molecular weight is 263 g/mol. The van der Waals surface area contributed by atoms with E-state index in [-0.39, 0.29) is 5.69 Å². The van der Waals surface area contributed by atoms with E-state index >= 15 is 0 Å². The number of anilines is 1. The molecule has 1 heterocycles. The minimum absolute atomic E-state index is 0.235. The number of ether oxygens (including phenoxy) is 1. The van der Waals surface area contributed by atoms with Crippen LogP contribution in [0.25, 0.3) is 0 Å². The molecule has 1 aliphatic carbocycles. The molecule has 2 rings (SSSR count). The second-order valence-corrected chi connectivity index (χ2v) is 5.54. The summed E-state index contributed by atoms with van der Waals surface area (Å²) in [7, 11) is 1.33. The minimum atomic E-state index is -0.459. The van der Waals surface area contributed by atoms with E-state index < -0.39 is 5.97 Å². The van der Waals surface area contributed by atoms with Gasteiger partial charge in [-0.05, 0) is 31.1 Å². The quantitative estimate of drug-likeness (QED) is 0.849. The summed E-state index contributed by atoms with van der Waals surface area (Å²) in [5, 5.41) is 3.40. The fourth-order valence-corrected chi connectivity index (χ4v) is 2.89. The second kappa shape index (κ2) is 5.99. The number of carbonyl (C=O) groups is 1. The maximum absolute atomic E-state index is 11.3. The molecule has 1 N–H and O–H groups in total. The number of esters is 1. The van der Waals surface area contributed by atoms with Crippen LogP contribution in [0.5, 0.6) is 0 Å². The fraction of sp³-hybridized carbons (Fsp3) is 0.643. The summed E-state index contributed by atoms with van der Waals surface area (Å²) in [6.07, 6.45) is 6.65. The number of hydrogen-bond donors (Lipinski definition) is 1. The Morgan fingerprint density at radius 2 is 1.89 bits per heavy atom. The molecule has 2 atom stereocenters. The van der Waals surface area contributed by atoms with Gasteiger partial charge in [-0.3, -0.25) is 0 Å². The van der Waals surface area contributed by atoms with Gasteiger partial charge in [0.15, 0.2) is 5.69 Å². The van der Waals surface area contributed by atoms with Gasteiger partial charge in [-0.1, -0.05) is 13.8 Å². The van der Waals surface area contributed by atoms with E-state index in [1.54, 1.807) is 6.20 Å². The Balaban J connectivity index is 1.97. The molecule has 0 radical (unpaired) electrons. The van der Waals surface area contributed by atoms with Crippen molar-refractivity contribution in [2.75, 3.05) is 12.4 Å². The molecule has 1 aliphatic rings. The molecule has 0 amide bonds. The minimum Gasteiger partial charge on any atom is -0.464 e. The molecule has 1 aromatic heterocycles. The number of hydrogen-bond acceptors (Lipinski definition) is 5. The van der Waals surface area contributed by atoms with Gasteiger partial charge in [0.1, 0.15) is 5.82 Å². The van der Waals surface area contributed by atoms with Crippen molar-refractivity contribution in [3.05, 3.63) is 18.1 Å². The number of aromatic nitrogens is 2. The highest BCUT2D eigenvalue weighted by molar-refractivity contribution is 5.86. The predicted molar refractivity (Wildman–Crippen MR) is 73.0 cm³/mol. The van der Waals surface area contributed by atoms with Gasteiger partial charge in [0, 0.05) is 6.04 Å². The van der Waals surface area contributed by atoms with Crippen LogP contribution in [0.1, 0.15) is 43.6 Å². The van der Waals surface area contributed by atoms with Crippen molar-refractivity contribution in [2.24, 2.45) is 11.8 Å². The third-order valence-electron chi connectivity index (χ3n) is 3.58. The van der Waals surface area contributed by atoms with Crippen molar-refractivity contribution in [3.8, 4) is 0 Å². The first-order valence-corrected chi connectivity index (χ1v) is 6.75. The van der Waals surface area contributed by atoms with Crippen LogP contribution in [0.4, 0.5) is 5.82 Å². The van der Waals surface area contributed by atoms with Gasteiger partial charge in [0.2, 0.25) is 0 Å². The van der Waals surface area contributed by atoms with Gasteiger partial charge in [0.25, 0.3) is 0 Å². The highest BCUT2D eigenvalue weighted by Gasteiger charge is 2.24. The van der Waals surface area contributed by atoms with E-state index in [0.29, 0.717) is 6.04 Å². The number of nitrogens with zero attached hydrogens (tertiary/aromatic N) is 2. The van der Waals surface area contributed by atoms with E-state index in [4.69, 9.17) is 0 Å². The average Bonchev–Trinajstić information content (AvgIpc) is 2.37. The van der Waals surface area contributed by atoms with Crippen molar-refractivity contribution >= 4 is 11.8 Å². The van der Waals surface area contributed by atoms with Gasteiger partial charge >= 0.3 is 5.97 Å². The summed E-state index contributed by atoms with van der Waals surface area (Å²) in [5.41, 5.74) is 0.235. The molecule has 1 saturated carbocycles. The lowest BCUT2D eigenvalue weighted by atomic mass is 9.80. The fourth-order valence-electron chi connectivity index (χ4n) is 2.89. The standard InChI is InChI=1S/C14H21N3O2/c1-9-4-10(2)6-11(5-9)17-13-8-15-12(7-16-13)14(18)19-3/h7-11H,4-6H2,1-3H3,(H,16,17). The topological polar surface area (TPSA) is 64.1 Å². The van der Waals surface area contributed by atoms with Crippen LogP contribution in [-0.4, -0.2) is 29.1 Å². The Labute approximate surface area is 113 Å². The van der Waals surface area contributed by atoms with Gasteiger partial charge in [-0.25, -0.2) is 14.8 Å². The van der Waals surface area contributed by atoms with Gasteiger partial charge in [-0.2, -0.15) is 0 Å². The van der Waals surface area contributed by atoms with E-state index in [1.165, 1.54) is 19.7 Å². The SMILES string of the molecule is COC(=O)c1cnc(NC2CC(C)CC(C)C2)cn1. The van der Waals surface area contributed by atoms with Crippen molar-refractivity contribution < 1.29 is 9.53 Å². The smallest absolute Gasteiger partial charge is 0.358 e. The molecule has 0 aliphatic heterocycles. The first kappa shape index (κ1) is 13.8. The number of nitrogens with one attached hydrogen (secondary N) is 1. The predicted octanol–water partition coefficient (Wildman–Crippen LogP) is 2.50. The lowest BCUT2D eigenvalue weighted by molar-refractivity contribution is 0.0593. The molecule has 0 aromatic carbocycles. The highest BCUT2D eigenvalue weighted by Crippen LogP contribution is 2.29. The summed E-state index contributed by atoms with van der Waals surface area (Å²) >= 11 is 0. The van der Waals surface area contributed by atoms with Gasteiger partial charge < -0.3 is 10.1 Å². The van der Waals surface area contributed by atoms with Crippen molar-refractivity contribution in [2.45, 2.75) is 39.2 Å². The molecule has 19 heavy (non-hydrogen) atoms. The zero-order valence-electron chi connectivity index (χ0n) is 11.7. The van der Waals surface area contributed by atoms with E-state index in [1.807, 2.05) is 0 Å². The van der Waals surface area contributed by atoms with Crippen LogP contribution < -0.4 is 5.32 Å². The largest absolute Gasteiger partial charge is 0.464 e. The third kappa shape index (κ3) is 3.66. The van der Waals surface area contributed by atoms with Crippen molar-refractivity contribution in [3.63, 3.8) is 0 Å². The Morgan fingerprint density at radius 1 is 1.21 bits per heavy atom. The van der Waals surface area contributed by atoms with E-state index in [9.17, 15) is 4.79 Å². The molecule has 1 fully saturated rings. The molecule has 2 unspecified atom stereocenters. The van der Waals surface area contributed by atoms with Gasteiger partial charge in [0.05, 0.1) is 19.5 Å².